The van der Waals surface area contributed by atoms with Crippen molar-refractivity contribution in [3.63, 3.8) is 0 Å². The highest BCUT2D eigenvalue weighted by molar-refractivity contribution is 8.00. The maximum atomic E-state index is 3.90. The fourth-order valence-corrected chi connectivity index (χ4v) is 3.59. The molecular weight excluding hydrogens is 176 g/mol. The van der Waals surface area contributed by atoms with Gasteiger partial charge in [0.1, 0.15) is 0 Å². The van der Waals surface area contributed by atoms with Crippen LogP contribution in [0.5, 0.6) is 0 Å². The molecule has 0 amide bonds. The van der Waals surface area contributed by atoms with Gasteiger partial charge in [-0.3, -0.25) is 0 Å². The molecule has 0 aromatic heterocycles. The zero-order chi connectivity index (χ0) is 9.52. The van der Waals surface area contributed by atoms with Gasteiger partial charge in [0.2, 0.25) is 0 Å². The van der Waals surface area contributed by atoms with Gasteiger partial charge in [0, 0.05) is 10.5 Å². The minimum Gasteiger partial charge on any atom is -0.155 e. The lowest BCUT2D eigenvalue weighted by molar-refractivity contribution is 0.514. The van der Waals surface area contributed by atoms with E-state index in [9.17, 15) is 0 Å². The predicted molar refractivity (Wildman–Crippen MR) is 63.1 cm³/mol. The number of unbranched alkanes of at least 4 members (excludes halogenated alkanes) is 1. The Morgan fingerprint density at radius 2 is 2.00 bits per heavy atom. The Hall–Kier alpha value is 0.350. The van der Waals surface area contributed by atoms with Crippen molar-refractivity contribution in [2.75, 3.05) is 0 Å². The molecule has 0 heterocycles. The lowest BCUT2D eigenvalue weighted by atomic mass is 10.0. The molecular formula is C12H23S. The maximum absolute atomic E-state index is 3.90. The summed E-state index contributed by atoms with van der Waals surface area (Å²) in [7, 11) is 0. The van der Waals surface area contributed by atoms with Crippen LogP contribution >= 0.6 is 11.8 Å². The highest BCUT2D eigenvalue weighted by atomic mass is 32.2. The van der Waals surface area contributed by atoms with Crippen molar-refractivity contribution in [2.24, 2.45) is 0 Å². The lowest BCUT2D eigenvalue weighted by Crippen LogP contribution is -2.12. The average Bonchev–Trinajstić information content (AvgIpc) is 2.16. The van der Waals surface area contributed by atoms with E-state index in [-0.39, 0.29) is 0 Å². The Morgan fingerprint density at radius 1 is 1.31 bits per heavy atom. The van der Waals surface area contributed by atoms with Crippen LogP contribution < -0.4 is 0 Å². The molecule has 0 aliphatic heterocycles. The molecule has 0 nitrogen and oxygen atoms in total. The molecule has 1 heteroatoms. The van der Waals surface area contributed by atoms with Crippen LogP contribution in [0.15, 0.2) is 0 Å². The summed E-state index contributed by atoms with van der Waals surface area (Å²) in [5.74, 6) is 0. The third-order valence-electron chi connectivity index (χ3n) is 2.84. The van der Waals surface area contributed by atoms with E-state index in [2.05, 4.69) is 25.6 Å². The quantitative estimate of drug-likeness (QED) is 0.630. The van der Waals surface area contributed by atoms with E-state index in [4.69, 9.17) is 0 Å². The molecule has 77 valence electrons. The zero-order valence-electron chi connectivity index (χ0n) is 8.93. The monoisotopic (exact) mass is 199 g/mol. The van der Waals surface area contributed by atoms with Gasteiger partial charge in [-0.15, -0.1) is 0 Å². The van der Waals surface area contributed by atoms with Gasteiger partial charge >= 0.3 is 0 Å². The molecule has 1 radical (unpaired) electrons. The fourth-order valence-electron chi connectivity index (χ4n) is 2.03. The Balaban J connectivity index is 2.07. The van der Waals surface area contributed by atoms with Gasteiger partial charge in [-0.1, -0.05) is 46.0 Å². The number of rotatable bonds is 5. The fraction of sp³-hybridized carbons (Fsp3) is 0.917. The molecule has 0 saturated heterocycles. The molecule has 13 heavy (non-hydrogen) atoms. The summed E-state index contributed by atoms with van der Waals surface area (Å²) >= 11 is 2.23. The van der Waals surface area contributed by atoms with E-state index in [1.807, 2.05) is 0 Å². The molecule has 1 fully saturated rings. The molecule has 1 atom stereocenters. The Kier molecular flexibility index (Phi) is 5.93. The summed E-state index contributed by atoms with van der Waals surface area (Å²) in [6.45, 7) is 6.28. The minimum absolute atomic E-state index is 0.866. The van der Waals surface area contributed by atoms with E-state index >= 15 is 0 Å². The summed E-state index contributed by atoms with van der Waals surface area (Å²) in [4.78, 5) is 0. The largest absolute Gasteiger partial charge is 0.155 e. The summed E-state index contributed by atoms with van der Waals surface area (Å²) in [6, 6.07) is 0. The van der Waals surface area contributed by atoms with E-state index < -0.39 is 0 Å². The Morgan fingerprint density at radius 3 is 2.62 bits per heavy atom. The molecule has 1 unspecified atom stereocenters. The zero-order valence-corrected chi connectivity index (χ0v) is 9.74. The third kappa shape index (κ3) is 4.95. The SMILES string of the molecule is [CH2]CCCC(C)SC1CCCCC1. The molecule has 1 saturated carbocycles. The van der Waals surface area contributed by atoms with Gasteiger partial charge in [-0.2, -0.15) is 11.8 Å². The predicted octanol–water partition coefficient (Wildman–Crippen LogP) is 4.45. The van der Waals surface area contributed by atoms with E-state index in [0.29, 0.717) is 0 Å². The normalized spacial score (nSPS) is 21.7. The standard InChI is InChI=1S/C12H23S/c1-3-4-8-11(2)13-12-9-6-5-7-10-12/h11-12H,1,3-10H2,2H3. The molecule has 1 rings (SSSR count). The first-order chi connectivity index (χ1) is 6.33. The van der Waals surface area contributed by atoms with Crippen LogP contribution in [0.2, 0.25) is 0 Å². The van der Waals surface area contributed by atoms with Crippen LogP contribution in [0.4, 0.5) is 0 Å². The van der Waals surface area contributed by atoms with E-state index in [1.165, 1.54) is 44.9 Å². The third-order valence-corrected chi connectivity index (χ3v) is 4.39. The van der Waals surface area contributed by atoms with Gasteiger partial charge < -0.3 is 0 Å². The summed E-state index contributed by atoms with van der Waals surface area (Å²) in [5.41, 5.74) is 0. The van der Waals surface area contributed by atoms with Crippen molar-refractivity contribution < 1.29 is 0 Å². The topological polar surface area (TPSA) is 0 Å². The first-order valence-corrected chi connectivity index (χ1v) is 6.72. The Labute approximate surface area is 87.9 Å². The van der Waals surface area contributed by atoms with Crippen molar-refractivity contribution in [1.82, 2.24) is 0 Å². The summed E-state index contributed by atoms with van der Waals surface area (Å²) in [6.07, 6.45) is 11.1. The molecule has 0 aromatic carbocycles. The van der Waals surface area contributed by atoms with Crippen molar-refractivity contribution in [3.05, 3.63) is 6.92 Å². The highest BCUT2D eigenvalue weighted by Crippen LogP contribution is 2.32. The molecule has 1 aliphatic rings. The van der Waals surface area contributed by atoms with Crippen molar-refractivity contribution >= 4 is 11.8 Å². The van der Waals surface area contributed by atoms with Gasteiger partial charge in [-0.25, -0.2) is 0 Å². The van der Waals surface area contributed by atoms with Gasteiger partial charge in [0.25, 0.3) is 0 Å². The molecule has 0 N–H and O–H groups in total. The Bertz CT molecular complexity index is 116. The second kappa shape index (κ2) is 6.75. The number of hydrogen-bond acceptors (Lipinski definition) is 1. The molecule has 0 spiro atoms. The summed E-state index contributed by atoms with van der Waals surface area (Å²) in [5, 5.41) is 1.85. The summed E-state index contributed by atoms with van der Waals surface area (Å²) < 4.78 is 0. The van der Waals surface area contributed by atoms with Crippen LogP contribution in [0.1, 0.15) is 58.3 Å². The lowest BCUT2D eigenvalue weighted by Gasteiger charge is -2.24. The van der Waals surface area contributed by atoms with E-state index in [0.717, 1.165) is 16.9 Å². The molecule has 1 aliphatic carbocycles. The number of hydrogen-bond donors (Lipinski definition) is 0. The van der Waals surface area contributed by atoms with Crippen LogP contribution in [0.3, 0.4) is 0 Å². The van der Waals surface area contributed by atoms with Crippen LogP contribution in [0, 0.1) is 6.92 Å². The van der Waals surface area contributed by atoms with Gasteiger partial charge in [0.05, 0.1) is 0 Å². The van der Waals surface area contributed by atoms with Crippen LogP contribution in [0.25, 0.3) is 0 Å². The van der Waals surface area contributed by atoms with Gasteiger partial charge in [-0.05, 0) is 19.3 Å². The van der Waals surface area contributed by atoms with Crippen molar-refractivity contribution in [2.45, 2.75) is 68.8 Å². The van der Waals surface area contributed by atoms with Crippen LogP contribution in [-0.2, 0) is 0 Å². The van der Waals surface area contributed by atoms with Crippen LogP contribution in [-0.4, -0.2) is 10.5 Å². The first-order valence-electron chi connectivity index (χ1n) is 5.77. The van der Waals surface area contributed by atoms with Crippen molar-refractivity contribution in [1.29, 1.82) is 0 Å². The molecule has 0 aromatic rings. The smallest absolute Gasteiger partial charge is 0.00497 e. The number of thioether (sulfide) groups is 1. The first kappa shape index (κ1) is 11.4. The average molecular weight is 199 g/mol. The van der Waals surface area contributed by atoms with Crippen molar-refractivity contribution in [3.8, 4) is 0 Å². The minimum atomic E-state index is 0.866. The van der Waals surface area contributed by atoms with Gasteiger partial charge in [0.15, 0.2) is 0 Å². The van der Waals surface area contributed by atoms with E-state index in [1.54, 1.807) is 0 Å². The highest BCUT2D eigenvalue weighted by Gasteiger charge is 2.16. The second-order valence-corrected chi connectivity index (χ2v) is 5.95. The maximum Gasteiger partial charge on any atom is 0.00497 e. The molecule has 0 bridgehead atoms. The second-order valence-electron chi connectivity index (χ2n) is 4.20.